The highest BCUT2D eigenvalue weighted by atomic mass is 16.5. The van der Waals surface area contributed by atoms with Gasteiger partial charge in [0, 0.05) is 11.9 Å². The van der Waals surface area contributed by atoms with Gasteiger partial charge in [0.25, 0.3) is 0 Å². The van der Waals surface area contributed by atoms with Crippen LogP contribution < -0.4 is 5.32 Å². The Labute approximate surface area is 147 Å². The summed E-state index contributed by atoms with van der Waals surface area (Å²) in [6.07, 6.45) is 3.14. The molecule has 0 fully saturated rings. The molecule has 0 aliphatic rings. The van der Waals surface area contributed by atoms with Gasteiger partial charge < -0.3 is 9.30 Å². The Morgan fingerprint density at radius 3 is 2.88 bits per heavy atom. The number of aromatic nitrogens is 3. The number of nitrogens with zero attached hydrogens (tertiary/aromatic N) is 3. The number of pyridine rings is 1. The van der Waals surface area contributed by atoms with Gasteiger partial charge in [-0.05, 0) is 18.4 Å². The van der Waals surface area contributed by atoms with Crippen molar-refractivity contribution in [1.29, 1.82) is 0 Å². The van der Waals surface area contributed by atoms with Crippen molar-refractivity contribution in [3.63, 3.8) is 0 Å². The van der Waals surface area contributed by atoms with Gasteiger partial charge in [-0.25, -0.2) is 14.8 Å². The Kier molecular flexibility index (Phi) is 5.16. The lowest BCUT2D eigenvalue weighted by atomic mass is 10.1. The average molecular weight is 340 g/mol. The molecule has 1 N–H and O–H groups in total. The zero-order valence-electron chi connectivity index (χ0n) is 15.0. The second kappa shape index (κ2) is 7.51. The molecule has 0 bridgehead atoms. The van der Waals surface area contributed by atoms with Crippen LogP contribution in [0, 0.1) is 5.92 Å². The highest BCUT2D eigenvalue weighted by molar-refractivity contribution is 6.08. The SMILES string of the molecule is CCCCOC(=O)Nc1nc2ccccc2c2c1ncn2CC(C)C. The number of carbonyl (C=O) groups is 1. The molecule has 0 aliphatic carbocycles. The standard InChI is InChI=1S/C19H24N4O2/c1-4-5-10-25-19(24)22-18-16-17(23(12-20-16)11-13(2)3)14-8-6-7-9-15(14)21-18/h6-9,12-13H,4-5,10-11H2,1-3H3,(H,21,22,24). The first-order valence-corrected chi connectivity index (χ1v) is 8.77. The maximum Gasteiger partial charge on any atom is 0.412 e. The number of rotatable bonds is 6. The van der Waals surface area contributed by atoms with Crippen LogP contribution in [0.5, 0.6) is 0 Å². The molecule has 6 nitrogen and oxygen atoms in total. The van der Waals surface area contributed by atoms with Gasteiger partial charge in [-0.15, -0.1) is 0 Å². The molecule has 0 spiro atoms. The average Bonchev–Trinajstić information content (AvgIpc) is 2.99. The van der Waals surface area contributed by atoms with Crippen molar-refractivity contribution in [2.45, 2.75) is 40.2 Å². The van der Waals surface area contributed by atoms with Crippen molar-refractivity contribution < 1.29 is 9.53 Å². The van der Waals surface area contributed by atoms with E-state index in [1.54, 1.807) is 0 Å². The number of imidazole rings is 1. The quantitative estimate of drug-likeness (QED) is 0.666. The Morgan fingerprint density at radius 1 is 1.32 bits per heavy atom. The van der Waals surface area contributed by atoms with Crippen molar-refractivity contribution >= 4 is 33.8 Å². The summed E-state index contributed by atoms with van der Waals surface area (Å²) in [6, 6.07) is 7.90. The smallest absolute Gasteiger partial charge is 0.412 e. The van der Waals surface area contributed by atoms with E-state index >= 15 is 0 Å². The van der Waals surface area contributed by atoms with Crippen LogP contribution in [-0.2, 0) is 11.3 Å². The second-order valence-corrected chi connectivity index (χ2v) is 6.58. The molecule has 0 unspecified atom stereocenters. The summed E-state index contributed by atoms with van der Waals surface area (Å²) in [7, 11) is 0. The molecule has 3 rings (SSSR count). The molecule has 132 valence electrons. The number of fused-ring (bicyclic) bond motifs is 3. The fourth-order valence-corrected chi connectivity index (χ4v) is 2.84. The fourth-order valence-electron chi connectivity index (χ4n) is 2.84. The van der Waals surface area contributed by atoms with E-state index in [0.29, 0.717) is 23.9 Å². The van der Waals surface area contributed by atoms with E-state index in [1.807, 2.05) is 30.6 Å². The predicted molar refractivity (Wildman–Crippen MR) is 99.8 cm³/mol. The fraction of sp³-hybridized carbons (Fsp3) is 0.421. The predicted octanol–water partition coefficient (Wildman–Crippen LogP) is 4.59. The minimum Gasteiger partial charge on any atom is -0.449 e. The van der Waals surface area contributed by atoms with Crippen molar-refractivity contribution in [1.82, 2.24) is 14.5 Å². The highest BCUT2D eigenvalue weighted by Crippen LogP contribution is 2.29. The van der Waals surface area contributed by atoms with Crippen LogP contribution >= 0.6 is 0 Å². The number of hydrogen-bond acceptors (Lipinski definition) is 4. The number of benzene rings is 1. The Balaban J connectivity index is 2.03. The van der Waals surface area contributed by atoms with E-state index in [2.05, 4.69) is 40.6 Å². The summed E-state index contributed by atoms with van der Waals surface area (Å²) in [5.74, 6) is 0.928. The molecule has 3 aromatic rings. The molecule has 1 aromatic carbocycles. The summed E-state index contributed by atoms with van der Waals surface area (Å²) >= 11 is 0. The molecule has 0 aliphatic heterocycles. The summed E-state index contributed by atoms with van der Waals surface area (Å²) in [6.45, 7) is 7.64. The number of ether oxygens (including phenoxy) is 1. The van der Waals surface area contributed by atoms with Crippen LogP contribution in [0.25, 0.3) is 21.9 Å². The molecule has 25 heavy (non-hydrogen) atoms. The van der Waals surface area contributed by atoms with Crippen LogP contribution in [0.1, 0.15) is 33.6 Å². The Morgan fingerprint density at radius 2 is 2.12 bits per heavy atom. The Bertz CT molecular complexity index is 886. The van der Waals surface area contributed by atoms with Crippen LogP contribution in [-0.4, -0.2) is 27.2 Å². The van der Waals surface area contributed by atoms with Crippen LogP contribution in [0.15, 0.2) is 30.6 Å². The first kappa shape index (κ1) is 17.2. The number of unbranched alkanes of at least 4 members (excludes halogenated alkanes) is 1. The third-order valence-electron chi connectivity index (χ3n) is 3.97. The monoisotopic (exact) mass is 340 g/mol. The second-order valence-electron chi connectivity index (χ2n) is 6.58. The zero-order valence-corrected chi connectivity index (χ0v) is 15.0. The van der Waals surface area contributed by atoms with E-state index in [1.165, 1.54) is 0 Å². The third-order valence-corrected chi connectivity index (χ3v) is 3.97. The Hall–Kier alpha value is -2.63. The summed E-state index contributed by atoms with van der Waals surface area (Å²) in [4.78, 5) is 21.1. The van der Waals surface area contributed by atoms with Gasteiger partial charge in [-0.2, -0.15) is 0 Å². The highest BCUT2D eigenvalue weighted by Gasteiger charge is 2.16. The molecule has 0 saturated heterocycles. The minimum atomic E-state index is -0.490. The summed E-state index contributed by atoms with van der Waals surface area (Å²) < 4.78 is 7.32. The van der Waals surface area contributed by atoms with Gasteiger partial charge >= 0.3 is 6.09 Å². The van der Waals surface area contributed by atoms with Crippen molar-refractivity contribution in [2.24, 2.45) is 5.92 Å². The topological polar surface area (TPSA) is 69.0 Å². The zero-order chi connectivity index (χ0) is 17.8. The molecular formula is C19H24N4O2. The maximum atomic E-state index is 12.0. The molecule has 1 amide bonds. The molecule has 2 aromatic heterocycles. The van der Waals surface area contributed by atoms with E-state index in [4.69, 9.17) is 4.74 Å². The molecule has 0 saturated carbocycles. The number of para-hydroxylation sites is 1. The van der Waals surface area contributed by atoms with E-state index in [9.17, 15) is 4.79 Å². The van der Waals surface area contributed by atoms with Crippen molar-refractivity contribution in [2.75, 3.05) is 11.9 Å². The first-order chi connectivity index (χ1) is 12.1. The molecule has 0 atom stereocenters. The van der Waals surface area contributed by atoms with Gasteiger partial charge in [0.2, 0.25) is 0 Å². The van der Waals surface area contributed by atoms with Crippen LogP contribution in [0.3, 0.4) is 0 Å². The third kappa shape index (κ3) is 3.73. The lowest BCUT2D eigenvalue weighted by molar-refractivity contribution is 0.160. The molecule has 2 heterocycles. The van der Waals surface area contributed by atoms with E-state index in [-0.39, 0.29) is 0 Å². The maximum absolute atomic E-state index is 12.0. The van der Waals surface area contributed by atoms with Gasteiger partial charge in [0.05, 0.1) is 24.0 Å². The lowest BCUT2D eigenvalue weighted by Gasteiger charge is -2.11. The summed E-state index contributed by atoms with van der Waals surface area (Å²) in [5, 5.41) is 3.78. The normalized spacial score (nSPS) is 11.4. The number of nitrogens with one attached hydrogen (secondary N) is 1. The van der Waals surface area contributed by atoms with E-state index < -0.39 is 6.09 Å². The minimum absolute atomic E-state index is 0.404. The lowest BCUT2D eigenvalue weighted by Crippen LogP contribution is -2.15. The largest absolute Gasteiger partial charge is 0.449 e. The first-order valence-electron chi connectivity index (χ1n) is 8.77. The number of hydrogen-bond donors (Lipinski definition) is 1. The van der Waals surface area contributed by atoms with Crippen LogP contribution in [0.4, 0.5) is 10.6 Å². The van der Waals surface area contributed by atoms with Crippen molar-refractivity contribution in [3.8, 4) is 0 Å². The van der Waals surface area contributed by atoms with Gasteiger partial charge in [-0.1, -0.05) is 45.4 Å². The van der Waals surface area contributed by atoms with Crippen LogP contribution in [0.2, 0.25) is 0 Å². The number of amides is 1. The molecule has 6 heteroatoms. The summed E-state index contributed by atoms with van der Waals surface area (Å²) in [5.41, 5.74) is 2.50. The molecule has 0 radical (unpaired) electrons. The number of anilines is 1. The van der Waals surface area contributed by atoms with Gasteiger partial charge in [0.1, 0.15) is 5.52 Å². The van der Waals surface area contributed by atoms with Gasteiger partial charge in [-0.3, -0.25) is 5.32 Å². The van der Waals surface area contributed by atoms with E-state index in [0.717, 1.165) is 35.8 Å². The number of carbonyl (C=O) groups excluding carboxylic acids is 1. The van der Waals surface area contributed by atoms with Crippen molar-refractivity contribution in [3.05, 3.63) is 30.6 Å². The van der Waals surface area contributed by atoms with Gasteiger partial charge in [0.15, 0.2) is 5.82 Å². The molecular weight excluding hydrogens is 316 g/mol.